The molecule has 122 valence electrons. The number of anilines is 2. The Kier molecular flexibility index (Phi) is 4.56. The first kappa shape index (κ1) is 16.6. The van der Waals surface area contributed by atoms with Gasteiger partial charge in [0.1, 0.15) is 0 Å². The van der Waals surface area contributed by atoms with E-state index in [4.69, 9.17) is 0 Å². The van der Waals surface area contributed by atoms with E-state index in [2.05, 4.69) is 87.0 Å². The summed E-state index contributed by atoms with van der Waals surface area (Å²) in [6, 6.07) is 8.61. The van der Waals surface area contributed by atoms with Crippen molar-refractivity contribution >= 4 is 36.6 Å². The lowest BCUT2D eigenvalue weighted by atomic mass is 10.1. The summed E-state index contributed by atoms with van der Waals surface area (Å²) >= 11 is 8.98. The van der Waals surface area contributed by atoms with Crippen LogP contribution in [-0.2, 0) is 0 Å². The highest BCUT2D eigenvalue weighted by Gasteiger charge is 2.25. The lowest BCUT2D eigenvalue weighted by Crippen LogP contribution is -2.27. The summed E-state index contributed by atoms with van der Waals surface area (Å²) in [4.78, 5) is 7.03. The zero-order valence-corrected chi connectivity index (χ0v) is 16.0. The van der Waals surface area contributed by atoms with E-state index in [1.807, 2.05) is 0 Å². The zero-order valence-electron chi connectivity index (χ0n) is 14.2. The first-order chi connectivity index (χ1) is 10.9. The number of benzene rings is 2. The van der Waals surface area contributed by atoms with Gasteiger partial charge in [-0.15, -0.1) is 25.3 Å². The van der Waals surface area contributed by atoms with Gasteiger partial charge < -0.3 is 9.80 Å². The van der Waals surface area contributed by atoms with Crippen LogP contribution in [0.25, 0.3) is 0 Å². The van der Waals surface area contributed by atoms with Gasteiger partial charge in [-0.1, -0.05) is 0 Å². The highest BCUT2D eigenvalue weighted by atomic mass is 32.1. The molecule has 2 aromatic carbocycles. The summed E-state index contributed by atoms with van der Waals surface area (Å²) in [7, 11) is 0. The first-order valence-electron chi connectivity index (χ1n) is 7.97. The van der Waals surface area contributed by atoms with Crippen LogP contribution in [0.2, 0.25) is 0 Å². The second kappa shape index (κ2) is 6.33. The van der Waals surface area contributed by atoms with Crippen LogP contribution >= 0.6 is 25.3 Å². The van der Waals surface area contributed by atoms with E-state index < -0.39 is 0 Å². The maximum Gasteiger partial charge on any atom is 0.0904 e. The fourth-order valence-electron chi connectivity index (χ4n) is 3.82. The predicted octanol–water partition coefficient (Wildman–Crippen LogP) is 4.78. The van der Waals surface area contributed by atoms with Crippen molar-refractivity contribution in [1.82, 2.24) is 0 Å². The van der Waals surface area contributed by atoms with Crippen LogP contribution in [0.4, 0.5) is 11.4 Å². The standard InChI is InChI=1S/C19H24N2S2/c1-12-7-16(22)8-13(2)18(12)20-5-6-21(11-20)19-14(3)9-17(23)10-15(19)4/h7-10,22-23H,5-6,11H2,1-4H3. The zero-order chi connectivity index (χ0) is 16.7. The minimum Gasteiger partial charge on any atom is -0.352 e. The quantitative estimate of drug-likeness (QED) is 0.757. The molecule has 1 aliphatic heterocycles. The molecule has 2 nitrogen and oxygen atoms in total. The maximum atomic E-state index is 4.49. The molecule has 0 atom stereocenters. The van der Waals surface area contributed by atoms with E-state index in [1.165, 1.54) is 33.6 Å². The fourth-order valence-corrected chi connectivity index (χ4v) is 4.59. The van der Waals surface area contributed by atoms with Crippen molar-refractivity contribution in [2.45, 2.75) is 37.5 Å². The summed E-state index contributed by atoms with van der Waals surface area (Å²) in [5.41, 5.74) is 7.91. The molecule has 1 aliphatic rings. The number of nitrogens with zero attached hydrogens (tertiary/aromatic N) is 2. The maximum absolute atomic E-state index is 4.49. The van der Waals surface area contributed by atoms with E-state index in [-0.39, 0.29) is 0 Å². The van der Waals surface area contributed by atoms with Crippen LogP contribution < -0.4 is 9.80 Å². The van der Waals surface area contributed by atoms with Crippen LogP contribution in [0.3, 0.4) is 0 Å². The van der Waals surface area contributed by atoms with Gasteiger partial charge in [0.2, 0.25) is 0 Å². The fraction of sp³-hybridized carbons (Fsp3) is 0.368. The van der Waals surface area contributed by atoms with Gasteiger partial charge in [0.15, 0.2) is 0 Å². The Balaban J connectivity index is 1.91. The van der Waals surface area contributed by atoms with Gasteiger partial charge in [-0.3, -0.25) is 0 Å². The molecular formula is C19H24N2S2. The molecule has 1 saturated heterocycles. The van der Waals surface area contributed by atoms with E-state index in [0.29, 0.717) is 0 Å². The second-order valence-corrected chi connectivity index (χ2v) is 7.56. The van der Waals surface area contributed by atoms with Gasteiger partial charge in [-0.25, -0.2) is 0 Å². The summed E-state index contributed by atoms with van der Waals surface area (Å²) in [5.74, 6) is 0. The highest BCUT2D eigenvalue weighted by Crippen LogP contribution is 2.33. The average Bonchev–Trinajstić information content (AvgIpc) is 2.85. The van der Waals surface area contributed by atoms with Gasteiger partial charge in [0.25, 0.3) is 0 Å². The molecule has 23 heavy (non-hydrogen) atoms. The van der Waals surface area contributed by atoms with Gasteiger partial charge in [0.05, 0.1) is 6.67 Å². The number of hydrogen-bond acceptors (Lipinski definition) is 4. The molecule has 1 fully saturated rings. The molecule has 0 amide bonds. The van der Waals surface area contributed by atoms with Crippen molar-refractivity contribution in [3.8, 4) is 0 Å². The molecule has 4 heteroatoms. The summed E-state index contributed by atoms with van der Waals surface area (Å²) in [6.07, 6.45) is 0. The molecule has 0 N–H and O–H groups in total. The number of aryl methyl sites for hydroxylation is 4. The van der Waals surface area contributed by atoms with Crippen LogP contribution in [0, 0.1) is 27.7 Å². The average molecular weight is 345 g/mol. The van der Waals surface area contributed by atoms with Crippen molar-refractivity contribution in [2.75, 3.05) is 29.6 Å². The molecule has 0 aliphatic carbocycles. The van der Waals surface area contributed by atoms with Crippen LogP contribution in [0.5, 0.6) is 0 Å². The molecule has 3 rings (SSSR count). The van der Waals surface area contributed by atoms with Crippen LogP contribution in [0.1, 0.15) is 22.3 Å². The molecule has 1 heterocycles. The van der Waals surface area contributed by atoms with E-state index in [0.717, 1.165) is 29.5 Å². The molecular weight excluding hydrogens is 320 g/mol. The molecule has 0 spiro atoms. The van der Waals surface area contributed by atoms with Crippen molar-refractivity contribution < 1.29 is 0 Å². The van der Waals surface area contributed by atoms with E-state index >= 15 is 0 Å². The molecule has 0 radical (unpaired) electrons. The SMILES string of the molecule is Cc1cc(S)cc(C)c1N1CCN(c2c(C)cc(S)cc2C)C1. The topological polar surface area (TPSA) is 6.48 Å². The lowest BCUT2D eigenvalue weighted by Gasteiger charge is -2.26. The summed E-state index contributed by atoms with van der Waals surface area (Å²) in [5, 5.41) is 0. The van der Waals surface area contributed by atoms with Crippen molar-refractivity contribution in [3.05, 3.63) is 46.5 Å². The largest absolute Gasteiger partial charge is 0.352 e. The Morgan fingerprint density at radius 1 is 0.652 bits per heavy atom. The van der Waals surface area contributed by atoms with Crippen molar-refractivity contribution in [1.29, 1.82) is 0 Å². The third-order valence-electron chi connectivity index (χ3n) is 4.57. The van der Waals surface area contributed by atoms with Crippen molar-refractivity contribution in [2.24, 2.45) is 0 Å². The molecule has 0 aromatic heterocycles. The second-order valence-electron chi connectivity index (χ2n) is 6.52. The lowest BCUT2D eigenvalue weighted by molar-refractivity contribution is 0.928. The highest BCUT2D eigenvalue weighted by molar-refractivity contribution is 7.80. The van der Waals surface area contributed by atoms with Gasteiger partial charge >= 0.3 is 0 Å². The predicted molar refractivity (Wildman–Crippen MR) is 106 cm³/mol. The van der Waals surface area contributed by atoms with Gasteiger partial charge in [-0.2, -0.15) is 0 Å². The van der Waals surface area contributed by atoms with E-state index in [1.54, 1.807) is 0 Å². The molecule has 0 unspecified atom stereocenters. The Labute approximate surface area is 150 Å². The van der Waals surface area contributed by atoms with Crippen LogP contribution in [0.15, 0.2) is 34.1 Å². The molecule has 0 bridgehead atoms. The number of thiol groups is 2. The third-order valence-corrected chi connectivity index (χ3v) is 5.08. The monoisotopic (exact) mass is 344 g/mol. The Bertz CT molecular complexity index is 646. The minimum atomic E-state index is 0.932. The number of hydrogen-bond donors (Lipinski definition) is 2. The Morgan fingerprint density at radius 3 is 1.26 bits per heavy atom. The van der Waals surface area contributed by atoms with Crippen LogP contribution in [-0.4, -0.2) is 19.8 Å². The van der Waals surface area contributed by atoms with Crippen molar-refractivity contribution in [3.63, 3.8) is 0 Å². The van der Waals surface area contributed by atoms with Gasteiger partial charge in [0, 0.05) is 34.3 Å². The normalized spacial score (nSPS) is 14.7. The third kappa shape index (κ3) is 3.20. The van der Waals surface area contributed by atoms with E-state index in [9.17, 15) is 0 Å². The molecule has 0 saturated carbocycles. The smallest absolute Gasteiger partial charge is 0.0904 e. The molecule has 2 aromatic rings. The Morgan fingerprint density at radius 2 is 0.957 bits per heavy atom. The van der Waals surface area contributed by atoms with Gasteiger partial charge in [-0.05, 0) is 74.2 Å². The summed E-state index contributed by atoms with van der Waals surface area (Å²) < 4.78 is 0. The Hall–Kier alpha value is -1.26. The minimum absolute atomic E-state index is 0.932. The first-order valence-corrected chi connectivity index (χ1v) is 8.86. The summed E-state index contributed by atoms with van der Waals surface area (Å²) in [6.45, 7) is 11.7. The number of rotatable bonds is 2.